The minimum absolute atomic E-state index is 0.584. The van der Waals surface area contributed by atoms with Gasteiger partial charge in [0.05, 0.1) is 0 Å². The Hall–Kier alpha value is -8.15. The fraction of sp³-hybridized carbons (Fsp3) is 0.382. The molecule has 0 saturated heterocycles. The van der Waals surface area contributed by atoms with Crippen LogP contribution in [0, 0.1) is 117 Å². The molecule has 0 amide bonds. The van der Waals surface area contributed by atoms with Crippen LogP contribution in [0.4, 0.5) is 0 Å². The monoisotopic (exact) mass is 1260 g/mol. The largest absolute Gasteiger partial charge is 0.215 e. The summed E-state index contributed by atoms with van der Waals surface area (Å²) < 4.78 is 11.2. The van der Waals surface area contributed by atoms with Gasteiger partial charge in [0.15, 0.2) is 31.0 Å². The number of aromatic nitrogens is 5. The third-order valence-corrected chi connectivity index (χ3v) is 18.5. The molecule has 94 heavy (non-hydrogen) atoms. The Labute approximate surface area is 571 Å². The third kappa shape index (κ3) is 19.3. The Kier molecular flexibility index (Phi) is 26.5. The highest BCUT2D eigenvalue weighted by Crippen LogP contribution is 2.32. The van der Waals surface area contributed by atoms with Crippen LogP contribution >= 0.6 is 0 Å². The van der Waals surface area contributed by atoms with Crippen molar-refractivity contribution in [2.45, 2.75) is 190 Å². The summed E-state index contributed by atoms with van der Waals surface area (Å²) in [4.78, 5) is 0. The number of hydrogen-bond acceptors (Lipinski definition) is 0. The van der Waals surface area contributed by atoms with E-state index >= 15 is 0 Å². The Bertz CT molecular complexity index is 4170. The lowest BCUT2D eigenvalue weighted by Gasteiger charge is -2.13. The molecular formula is C89H118N5+5. The summed E-state index contributed by atoms with van der Waals surface area (Å²) in [5, 5.41) is 0. The van der Waals surface area contributed by atoms with Gasteiger partial charge < -0.3 is 0 Å². The van der Waals surface area contributed by atoms with E-state index in [0.29, 0.717) is 17.8 Å². The molecule has 1 atom stereocenters. The van der Waals surface area contributed by atoms with Gasteiger partial charge in [-0.2, -0.15) is 0 Å². The van der Waals surface area contributed by atoms with Crippen LogP contribution in [-0.2, 0) is 48.1 Å². The number of pyridine rings is 5. The van der Waals surface area contributed by atoms with Crippen LogP contribution in [0.5, 0.6) is 0 Å². The molecule has 5 heteroatoms. The van der Waals surface area contributed by atoms with Crippen molar-refractivity contribution in [3.8, 4) is 56.3 Å². The van der Waals surface area contributed by atoms with Gasteiger partial charge in [0.25, 0.3) is 0 Å². The maximum absolute atomic E-state index is 2.35. The molecule has 0 N–H and O–H groups in total. The molecule has 5 aromatic carbocycles. The van der Waals surface area contributed by atoms with Gasteiger partial charge in [-0.25, -0.2) is 22.8 Å². The molecule has 10 rings (SSSR count). The van der Waals surface area contributed by atoms with Crippen molar-refractivity contribution in [1.82, 2.24) is 0 Å². The summed E-state index contributed by atoms with van der Waals surface area (Å²) >= 11 is 0. The highest BCUT2D eigenvalue weighted by atomic mass is 14.9. The lowest BCUT2D eigenvalue weighted by Crippen LogP contribution is -2.32. The first kappa shape index (κ1) is 74.9. The van der Waals surface area contributed by atoms with Gasteiger partial charge >= 0.3 is 0 Å². The molecule has 494 valence electrons. The summed E-state index contributed by atoms with van der Waals surface area (Å²) in [6.45, 7) is 50.6. The molecule has 5 nitrogen and oxygen atoms in total. The fourth-order valence-electron chi connectivity index (χ4n) is 14.2. The van der Waals surface area contributed by atoms with Crippen LogP contribution in [0.2, 0.25) is 0 Å². The molecule has 10 aromatic rings. The number of nitrogens with zero attached hydrogens (tertiary/aromatic N) is 5. The first-order valence-corrected chi connectivity index (χ1v) is 34.6. The van der Waals surface area contributed by atoms with Crippen molar-refractivity contribution in [3.63, 3.8) is 0 Å². The summed E-state index contributed by atoms with van der Waals surface area (Å²) in [6.07, 6.45) is 14.4. The van der Waals surface area contributed by atoms with E-state index < -0.39 is 0 Å². The van der Waals surface area contributed by atoms with Crippen LogP contribution < -0.4 is 22.8 Å². The summed E-state index contributed by atoms with van der Waals surface area (Å²) in [7, 11) is 10.6. The van der Waals surface area contributed by atoms with Crippen molar-refractivity contribution in [3.05, 3.63) is 264 Å². The number of rotatable bonds is 11. The van der Waals surface area contributed by atoms with Crippen LogP contribution in [-0.4, -0.2) is 0 Å². The minimum atomic E-state index is 0.584. The van der Waals surface area contributed by atoms with Gasteiger partial charge in [-0.3, -0.25) is 0 Å². The molecule has 0 aliphatic heterocycles. The van der Waals surface area contributed by atoms with E-state index in [1.165, 1.54) is 174 Å². The average molecular weight is 1260 g/mol. The van der Waals surface area contributed by atoms with E-state index in [9.17, 15) is 0 Å². The summed E-state index contributed by atoms with van der Waals surface area (Å²) in [5.41, 5.74) is 40.3. The van der Waals surface area contributed by atoms with E-state index in [2.05, 4.69) is 370 Å². The van der Waals surface area contributed by atoms with Gasteiger partial charge in [-0.1, -0.05) is 115 Å². The van der Waals surface area contributed by atoms with Gasteiger partial charge in [-0.05, 0) is 259 Å². The predicted octanol–water partition coefficient (Wildman–Crippen LogP) is 20.2. The number of benzene rings is 5. The Morgan fingerprint density at radius 1 is 0.277 bits per heavy atom. The van der Waals surface area contributed by atoms with Crippen LogP contribution in [0.3, 0.4) is 0 Å². The van der Waals surface area contributed by atoms with Gasteiger partial charge in [0.1, 0.15) is 35.2 Å². The lowest BCUT2D eigenvalue weighted by molar-refractivity contribution is -0.661. The van der Waals surface area contributed by atoms with Crippen molar-refractivity contribution in [1.29, 1.82) is 0 Å². The van der Waals surface area contributed by atoms with Crippen LogP contribution in [0.15, 0.2) is 152 Å². The highest BCUT2D eigenvalue weighted by Gasteiger charge is 2.22. The zero-order chi connectivity index (χ0) is 69.7. The quantitative estimate of drug-likeness (QED) is 0.115. The lowest BCUT2D eigenvalue weighted by atomic mass is 9.92. The van der Waals surface area contributed by atoms with Gasteiger partial charge in [0.2, 0.25) is 28.5 Å². The molecule has 0 spiro atoms. The van der Waals surface area contributed by atoms with E-state index in [0.717, 1.165) is 12.8 Å². The first-order valence-electron chi connectivity index (χ1n) is 34.6. The highest BCUT2D eigenvalue weighted by molar-refractivity contribution is 5.69. The normalized spacial score (nSPS) is 11.3. The molecular weight excluding hydrogens is 1140 g/mol. The number of aryl methyl sites for hydroxylation is 22. The Balaban J connectivity index is 0.000000186. The third-order valence-electron chi connectivity index (χ3n) is 18.5. The van der Waals surface area contributed by atoms with Gasteiger partial charge in [-0.15, -0.1) is 0 Å². The minimum Gasteiger partial charge on any atom is -0.201 e. The smallest absolute Gasteiger partial charge is 0.201 e. The van der Waals surface area contributed by atoms with E-state index in [1.807, 2.05) is 0 Å². The maximum atomic E-state index is 2.35. The molecule has 0 saturated carbocycles. The molecule has 1 unspecified atom stereocenters. The van der Waals surface area contributed by atoms with Crippen molar-refractivity contribution in [2.75, 3.05) is 0 Å². The van der Waals surface area contributed by atoms with Crippen LogP contribution in [0.1, 0.15) is 178 Å². The van der Waals surface area contributed by atoms with Crippen molar-refractivity contribution < 1.29 is 22.8 Å². The predicted molar refractivity (Wildman–Crippen MR) is 402 cm³/mol. The summed E-state index contributed by atoms with van der Waals surface area (Å²) in [6, 6.07) is 45.4. The average Bonchev–Trinajstić information content (AvgIpc) is 0.838. The molecule has 0 aliphatic carbocycles. The van der Waals surface area contributed by atoms with Crippen molar-refractivity contribution in [2.24, 2.45) is 41.2 Å². The SMILES string of the molecule is CCC(C)c1ccc(-c2c(C)cc(C)c[n+]2C)c(C)c1.CCc1ccc(-c2c(C)cc(C)c[n+]2C)c(C)c1.Cc1cc(C)c(-c2ccc(C(C)C)cc2C)[n+](C)c1.Cc1cc(C)c(-c2ccc(CC(C)C)cc2C)[n+](C)c1.Cc1ccc(-c2c(C)cc(C)c[n+]2C)c(C)c1. The standard InChI is InChI=1S/2C19H26N.C18H24N.C17H22N.C16H20N/c1-13(2)9-17-7-8-18(15(4)11-17)19-16(5)10-14(3)12-20(19)6;1-7-14(3)17-8-9-18(15(4)11-17)19-16(5)10-13(2)12-20(19)6;1-12(2)16-7-8-17(14(4)10-16)18-15(5)9-13(3)11-19(18)6;1-6-15-7-8-16(13(3)10-15)17-14(4)9-12(2)11-18(17)5;1-11-6-7-15(13(3)8-11)16-14(4)9-12(2)10-17(16)5/h7-8,10-13H,9H2,1-6H3;8-12,14H,7H2,1-6H3;7-12H,1-6H3;7-11H,6H2,1-5H3;6-10H,1-5H3/q5*+1. The zero-order valence-electron chi connectivity index (χ0n) is 63.5. The fourth-order valence-corrected chi connectivity index (χ4v) is 14.2. The molecule has 5 heterocycles. The maximum Gasteiger partial charge on any atom is 0.215 e. The van der Waals surface area contributed by atoms with Gasteiger partial charge in [0, 0.05) is 83.5 Å². The molecule has 0 bridgehead atoms. The second kappa shape index (κ2) is 33.3. The van der Waals surface area contributed by atoms with E-state index in [-0.39, 0.29) is 0 Å². The molecule has 0 fully saturated rings. The molecule has 5 aromatic heterocycles. The van der Waals surface area contributed by atoms with E-state index in [4.69, 9.17) is 0 Å². The Morgan fingerprint density at radius 3 is 0.819 bits per heavy atom. The molecule has 0 aliphatic rings. The zero-order valence-corrected chi connectivity index (χ0v) is 63.5. The number of hydrogen-bond donors (Lipinski definition) is 0. The summed E-state index contributed by atoms with van der Waals surface area (Å²) in [5.74, 6) is 1.92. The topological polar surface area (TPSA) is 19.4 Å². The van der Waals surface area contributed by atoms with Crippen LogP contribution in [0.25, 0.3) is 56.3 Å². The van der Waals surface area contributed by atoms with Crippen molar-refractivity contribution >= 4 is 0 Å². The van der Waals surface area contributed by atoms with E-state index in [1.54, 1.807) is 0 Å². The molecule has 0 radical (unpaired) electrons. The second-order valence-corrected chi connectivity index (χ2v) is 28.5. The second-order valence-electron chi connectivity index (χ2n) is 28.5. The Morgan fingerprint density at radius 2 is 0.543 bits per heavy atom. The first-order chi connectivity index (χ1) is 44.2.